The maximum Gasteiger partial charge on any atom is 0.294 e. The second-order valence-electron chi connectivity index (χ2n) is 3.48. The summed E-state index contributed by atoms with van der Waals surface area (Å²) < 4.78 is 0. The van der Waals surface area contributed by atoms with Crippen molar-refractivity contribution in [1.29, 1.82) is 0 Å². The van der Waals surface area contributed by atoms with Crippen molar-refractivity contribution in [3.63, 3.8) is 0 Å². The first-order chi connectivity index (χ1) is 8.13. The largest absolute Gasteiger partial charge is 0.314 e. The molecule has 8 heteroatoms. The molecule has 0 spiro atoms. The number of nitrogens with zero attached hydrogens (tertiary/aromatic N) is 2. The van der Waals surface area contributed by atoms with Crippen LogP contribution in [0.15, 0.2) is 0 Å². The van der Waals surface area contributed by atoms with Gasteiger partial charge in [-0.25, -0.2) is 4.98 Å². The highest BCUT2D eigenvalue weighted by molar-refractivity contribution is 7.11. The van der Waals surface area contributed by atoms with Crippen LogP contribution in [0.4, 0.5) is 0 Å². The number of hydrogen-bond donors (Lipinski definition) is 2. The lowest BCUT2D eigenvalue weighted by molar-refractivity contribution is -0.757. The second-order valence-corrected chi connectivity index (χ2v) is 4.65. The van der Waals surface area contributed by atoms with Crippen molar-refractivity contribution in [3.05, 3.63) is 25.7 Å². The van der Waals surface area contributed by atoms with E-state index in [1.807, 2.05) is 6.92 Å². The van der Waals surface area contributed by atoms with Gasteiger partial charge in [0.1, 0.15) is 6.61 Å². The lowest BCUT2D eigenvalue weighted by Gasteiger charge is -1.97. The Labute approximate surface area is 103 Å². The summed E-state index contributed by atoms with van der Waals surface area (Å²) >= 11 is 1.58. The summed E-state index contributed by atoms with van der Waals surface area (Å²) in [5.41, 5.74) is 3.52. The monoisotopic (exact) mass is 260 g/mol. The molecule has 0 fully saturated rings. The molecule has 0 aliphatic heterocycles. The molecule has 0 bridgehead atoms. The summed E-state index contributed by atoms with van der Waals surface area (Å²) in [6.07, 6.45) is 2.32. The first-order valence-electron chi connectivity index (χ1n) is 5.29. The van der Waals surface area contributed by atoms with E-state index in [9.17, 15) is 10.1 Å². The second kappa shape index (κ2) is 7.15. The Bertz CT molecular complexity index is 369. The van der Waals surface area contributed by atoms with Crippen LogP contribution in [0.2, 0.25) is 0 Å². The maximum absolute atomic E-state index is 10.0. The molecule has 1 heterocycles. The van der Waals surface area contributed by atoms with Crippen LogP contribution in [0, 0.1) is 17.0 Å². The third-order valence-electron chi connectivity index (χ3n) is 2.17. The molecule has 0 atom stereocenters. The summed E-state index contributed by atoms with van der Waals surface area (Å²) in [6.45, 7) is 2.74. The number of nitrogens with one attached hydrogen (secondary N) is 1. The standard InChI is InChI=1S/C9H16N4O3S/c1-7-8(4-6-16-13(14)15)17-9(12-7)3-2-5-11-10/h11H,2-6,10H2,1H3. The summed E-state index contributed by atoms with van der Waals surface area (Å²) in [4.78, 5) is 19.7. The van der Waals surface area contributed by atoms with Crippen molar-refractivity contribution in [2.75, 3.05) is 13.2 Å². The quantitative estimate of drug-likeness (QED) is 0.307. The van der Waals surface area contributed by atoms with Crippen LogP contribution in [0.25, 0.3) is 0 Å². The average Bonchev–Trinajstić information content (AvgIpc) is 2.60. The average molecular weight is 260 g/mol. The minimum Gasteiger partial charge on any atom is -0.314 e. The van der Waals surface area contributed by atoms with Crippen LogP contribution in [0.1, 0.15) is 22.0 Å². The molecule has 3 N–H and O–H groups in total. The summed E-state index contributed by atoms with van der Waals surface area (Å²) in [6, 6.07) is 0. The van der Waals surface area contributed by atoms with Crippen LogP contribution in [-0.2, 0) is 17.7 Å². The van der Waals surface area contributed by atoms with Gasteiger partial charge in [-0.1, -0.05) is 0 Å². The molecular weight excluding hydrogens is 244 g/mol. The van der Waals surface area contributed by atoms with E-state index in [1.54, 1.807) is 11.3 Å². The van der Waals surface area contributed by atoms with E-state index in [-0.39, 0.29) is 6.61 Å². The molecule has 1 aromatic rings. The Morgan fingerprint density at radius 3 is 3.00 bits per heavy atom. The fourth-order valence-electron chi connectivity index (χ4n) is 1.38. The third-order valence-corrected chi connectivity index (χ3v) is 3.45. The van der Waals surface area contributed by atoms with Crippen LogP contribution in [0.3, 0.4) is 0 Å². The van der Waals surface area contributed by atoms with Crippen LogP contribution < -0.4 is 11.3 Å². The maximum atomic E-state index is 10.0. The first-order valence-corrected chi connectivity index (χ1v) is 6.11. The van der Waals surface area contributed by atoms with Gasteiger partial charge in [-0.05, 0) is 13.3 Å². The number of thiazole rings is 1. The predicted octanol–water partition coefficient (Wildman–Crippen LogP) is 0.598. The summed E-state index contributed by atoms with van der Waals surface area (Å²) in [7, 11) is 0. The molecular formula is C9H16N4O3S. The van der Waals surface area contributed by atoms with E-state index in [2.05, 4.69) is 15.2 Å². The molecule has 0 saturated carbocycles. The van der Waals surface area contributed by atoms with Gasteiger partial charge in [-0.15, -0.1) is 21.5 Å². The van der Waals surface area contributed by atoms with Crippen molar-refractivity contribution in [3.8, 4) is 0 Å². The lowest BCUT2D eigenvalue weighted by Crippen LogP contribution is -2.23. The molecule has 0 amide bonds. The molecule has 0 aromatic carbocycles. The molecule has 96 valence electrons. The minimum atomic E-state index is -0.774. The smallest absolute Gasteiger partial charge is 0.294 e. The van der Waals surface area contributed by atoms with Gasteiger partial charge in [0.25, 0.3) is 5.09 Å². The van der Waals surface area contributed by atoms with Gasteiger partial charge in [0.15, 0.2) is 0 Å². The molecule has 1 rings (SSSR count). The molecule has 0 unspecified atom stereocenters. The van der Waals surface area contributed by atoms with Crippen molar-refractivity contribution < 1.29 is 9.92 Å². The van der Waals surface area contributed by atoms with Gasteiger partial charge in [0.2, 0.25) is 0 Å². The fourth-order valence-corrected chi connectivity index (χ4v) is 2.47. The van der Waals surface area contributed by atoms with Crippen LogP contribution in [0.5, 0.6) is 0 Å². The molecule has 0 saturated heterocycles. The van der Waals surface area contributed by atoms with Gasteiger partial charge >= 0.3 is 0 Å². The van der Waals surface area contributed by atoms with Gasteiger partial charge in [-0.2, -0.15) is 0 Å². The van der Waals surface area contributed by atoms with Gasteiger partial charge in [0.05, 0.1) is 10.7 Å². The predicted molar refractivity (Wildman–Crippen MR) is 64.0 cm³/mol. The van der Waals surface area contributed by atoms with Crippen LogP contribution >= 0.6 is 11.3 Å². The number of aromatic nitrogens is 1. The van der Waals surface area contributed by atoms with Crippen molar-refractivity contribution in [1.82, 2.24) is 10.4 Å². The molecule has 0 radical (unpaired) electrons. The number of aryl methyl sites for hydroxylation is 2. The van der Waals surface area contributed by atoms with Gasteiger partial charge in [0, 0.05) is 24.3 Å². The van der Waals surface area contributed by atoms with E-state index < -0.39 is 5.09 Å². The molecule has 1 aromatic heterocycles. The minimum absolute atomic E-state index is 0.0832. The number of rotatable bonds is 8. The Balaban J connectivity index is 2.41. The Morgan fingerprint density at radius 2 is 2.35 bits per heavy atom. The van der Waals surface area contributed by atoms with E-state index in [1.165, 1.54) is 0 Å². The third kappa shape index (κ3) is 5.07. The van der Waals surface area contributed by atoms with Crippen molar-refractivity contribution in [2.45, 2.75) is 26.2 Å². The lowest BCUT2D eigenvalue weighted by atomic mass is 10.3. The summed E-state index contributed by atoms with van der Waals surface area (Å²) in [5, 5.41) is 10.3. The Hall–Kier alpha value is -1.25. The topological polar surface area (TPSA) is 103 Å². The molecule has 7 nitrogen and oxygen atoms in total. The van der Waals surface area contributed by atoms with E-state index in [4.69, 9.17) is 5.84 Å². The normalized spacial score (nSPS) is 10.5. The van der Waals surface area contributed by atoms with Crippen molar-refractivity contribution >= 4 is 11.3 Å². The Kier molecular flexibility index (Phi) is 5.81. The fraction of sp³-hybridized carbons (Fsp3) is 0.667. The zero-order valence-electron chi connectivity index (χ0n) is 9.64. The SMILES string of the molecule is Cc1nc(CCCNN)sc1CCO[N+](=O)[O-]. The highest BCUT2D eigenvalue weighted by Gasteiger charge is 2.08. The number of hydrogen-bond acceptors (Lipinski definition) is 7. The zero-order valence-corrected chi connectivity index (χ0v) is 10.5. The van der Waals surface area contributed by atoms with E-state index in [0.717, 1.165) is 35.0 Å². The Morgan fingerprint density at radius 1 is 1.59 bits per heavy atom. The van der Waals surface area contributed by atoms with Crippen molar-refractivity contribution in [2.24, 2.45) is 5.84 Å². The highest BCUT2D eigenvalue weighted by atomic mass is 32.1. The number of hydrazine groups is 1. The summed E-state index contributed by atoms with van der Waals surface area (Å²) in [5.74, 6) is 5.17. The van der Waals surface area contributed by atoms with E-state index >= 15 is 0 Å². The van der Waals surface area contributed by atoms with E-state index in [0.29, 0.717) is 6.42 Å². The highest BCUT2D eigenvalue weighted by Crippen LogP contribution is 2.19. The molecule has 17 heavy (non-hydrogen) atoms. The van der Waals surface area contributed by atoms with Crippen LogP contribution in [-0.4, -0.2) is 23.2 Å². The first kappa shape index (κ1) is 13.8. The molecule has 0 aliphatic rings. The number of nitrogens with two attached hydrogens (primary N) is 1. The van der Waals surface area contributed by atoms with Gasteiger partial charge < -0.3 is 4.84 Å². The van der Waals surface area contributed by atoms with Gasteiger partial charge in [-0.3, -0.25) is 11.3 Å². The molecule has 0 aliphatic carbocycles. The zero-order chi connectivity index (χ0) is 12.7.